The SMILES string of the molecule is CCCC(=O)N(CCC(=O)NC[C@H](S)Cc1ccccc1)Cc1ccc(-c2ccccc2S(=O)(=O)NC(=O)[C@H](C)O)cc1F. The normalized spacial score (nSPS) is 12.7. The van der Waals surface area contributed by atoms with Crippen LogP contribution in [-0.2, 0) is 37.4 Å². The van der Waals surface area contributed by atoms with Crippen molar-refractivity contribution in [2.24, 2.45) is 0 Å². The molecule has 44 heavy (non-hydrogen) atoms. The van der Waals surface area contributed by atoms with Crippen LogP contribution in [0.1, 0.15) is 44.2 Å². The molecule has 0 aliphatic rings. The molecule has 3 rings (SSSR count). The number of sulfonamides is 1. The van der Waals surface area contributed by atoms with Gasteiger partial charge in [0.1, 0.15) is 11.9 Å². The lowest BCUT2D eigenvalue weighted by Gasteiger charge is -2.23. The van der Waals surface area contributed by atoms with Crippen LogP contribution in [0.5, 0.6) is 0 Å². The van der Waals surface area contributed by atoms with Crippen molar-refractivity contribution in [3.63, 3.8) is 0 Å². The van der Waals surface area contributed by atoms with E-state index >= 15 is 4.39 Å². The maximum absolute atomic E-state index is 15.4. The summed E-state index contributed by atoms with van der Waals surface area (Å²) >= 11 is 4.56. The number of hydrogen-bond donors (Lipinski definition) is 4. The second-order valence-corrected chi connectivity index (χ2v) is 12.8. The van der Waals surface area contributed by atoms with E-state index in [1.54, 1.807) is 6.07 Å². The molecule has 0 aliphatic heterocycles. The van der Waals surface area contributed by atoms with Crippen LogP contribution in [0, 0.1) is 5.82 Å². The second-order valence-electron chi connectivity index (χ2n) is 10.4. The van der Waals surface area contributed by atoms with Gasteiger partial charge >= 0.3 is 0 Å². The van der Waals surface area contributed by atoms with E-state index in [1.165, 1.54) is 35.2 Å². The number of hydrogen-bond acceptors (Lipinski definition) is 7. The van der Waals surface area contributed by atoms with Gasteiger partial charge in [-0.25, -0.2) is 17.5 Å². The zero-order chi connectivity index (χ0) is 32.3. The van der Waals surface area contributed by atoms with Crippen LogP contribution < -0.4 is 10.0 Å². The van der Waals surface area contributed by atoms with Crippen molar-refractivity contribution in [1.82, 2.24) is 14.9 Å². The summed E-state index contributed by atoms with van der Waals surface area (Å²) in [6.45, 7) is 3.36. The molecule has 0 saturated heterocycles. The van der Waals surface area contributed by atoms with Gasteiger partial charge in [0.15, 0.2) is 0 Å². The van der Waals surface area contributed by atoms with Crippen molar-refractivity contribution in [1.29, 1.82) is 0 Å². The average molecular weight is 644 g/mol. The molecule has 3 aromatic rings. The molecule has 3 N–H and O–H groups in total. The maximum Gasteiger partial charge on any atom is 0.264 e. The molecular formula is C32H38FN3O6S2. The highest BCUT2D eigenvalue weighted by Crippen LogP contribution is 2.29. The molecule has 0 saturated carbocycles. The van der Waals surface area contributed by atoms with Gasteiger partial charge in [-0.05, 0) is 43.0 Å². The Labute approximate surface area is 263 Å². The zero-order valence-corrected chi connectivity index (χ0v) is 26.4. The molecule has 2 atom stereocenters. The lowest BCUT2D eigenvalue weighted by atomic mass is 10.0. The van der Waals surface area contributed by atoms with Gasteiger partial charge in [-0.3, -0.25) is 14.4 Å². The molecule has 0 unspecified atom stereocenters. The van der Waals surface area contributed by atoms with E-state index in [-0.39, 0.29) is 64.6 Å². The maximum atomic E-state index is 15.4. The van der Waals surface area contributed by atoms with Crippen molar-refractivity contribution in [2.75, 3.05) is 13.1 Å². The Morgan fingerprint density at radius 1 is 1.00 bits per heavy atom. The van der Waals surface area contributed by atoms with Crippen LogP contribution in [0.15, 0.2) is 77.7 Å². The summed E-state index contributed by atoms with van der Waals surface area (Å²) in [6, 6.07) is 19.7. The molecule has 0 bridgehead atoms. The first-order valence-corrected chi connectivity index (χ1v) is 16.3. The van der Waals surface area contributed by atoms with E-state index in [4.69, 9.17) is 0 Å². The Kier molecular flexibility index (Phi) is 12.9. The molecule has 236 valence electrons. The highest BCUT2D eigenvalue weighted by molar-refractivity contribution is 7.90. The number of nitrogens with zero attached hydrogens (tertiary/aromatic N) is 1. The Balaban J connectivity index is 1.70. The van der Waals surface area contributed by atoms with Gasteiger partial charge in [-0.15, -0.1) is 0 Å². The molecule has 0 heterocycles. The molecule has 3 amide bonds. The number of amides is 3. The van der Waals surface area contributed by atoms with Crippen LogP contribution in [0.3, 0.4) is 0 Å². The molecular weight excluding hydrogens is 605 g/mol. The van der Waals surface area contributed by atoms with E-state index in [0.717, 1.165) is 18.6 Å². The van der Waals surface area contributed by atoms with Crippen molar-refractivity contribution in [2.45, 2.75) is 62.3 Å². The number of aliphatic hydroxyl groups excluding tert-OH is 1. The topological polar surface area (TPSA) is 133 Å². The fraction of sp³-hybridized carbons (Fsp3) is 0.344. The number of rotatable bonds is 15. The number of carbonyl (C=O) groups excluding carboxylic acids is 3. The third kappa shape index (κ3) is 10.2. The summed E-state index contributed by atoms with van der Waals surface area (Å²) in [5.41, 5.74) is 1.69. The Hall–Kier alpha value is -3.74. The number of halogens is 1. The Morgan fingerprint density at radius 3 is 2.34 bits per heavy atom. The minimum absolute atomic E-state index is 0.0321. The van der Waals surface area contributed by atoms with Crippen LogP contribution in [-0.4, -0.2) is 60.6 Å². The van der Waals surface area contributed by atoms with Gasteiger partial charge in [-0.1, -0.05) is 67.6 Å². The van der Waals surface area contributed by atoms with Crippen molar-refractivity contribution in [3.05, 3.63) is 89.7 Å². The summed E-state index contributed by atoms with van der Waals surface area (Å²) in [6.07, 6.45) is -0.00310. The van der Waals surface area contributed by atoms with Gasteiger partial charge in [0.2, 0.25) is 11.8 Å². The Bertz CT molecular complexity index is 1550. The summed E-state index contributed by atoms with van der Waals surface area (Å²) < 4.78 is 42.9. The van der Waals surface area contributed by atoms with Crippen molar-refractivity contribution < 1.29 is 32.3 Å². The van der Waals surface area contributed by atoms with Gasteiger partial charge in [0.25, 0.3) is 15.9 Å². The molecule has 0 spiro atoms. The Morgan fingerprint density at radius 2 is 1.68 bits per heavy atom. The lowest BCUT2D eigenvalue weighted by molar-refractivity contribution is -0.132. The summed E-state index contributed by atoms with van der Waals surface area (Å²) in [5, 5.41) is 12.2. The molecule has 0 aromatic heterocycles. The fourth-order valence-corrected chi connectivity index (χ4v) is 6.02. The summed E-state index contributed by atoms with van der Waals surface area (Å²) in [7, 11) is -4.36. The number of carbonyl (C=O) groups is 3. The van der Waals surface area contributed by atoms with E-state index in [9.17, 15) is 27.9 Å². The van der Waals surface area contributed by atoms with Crippen LogP contribution in [0.2, 0.25) is 0 Å². The number of aliphatic hydroxyl groups is 1. The molecule has 12 heteroatoms. The predicted molar refractivity (Wildman–Crippen MR) is 170 cm³/mol. The molecule has 9 nitrogen and oxygen atoms in total. The first kappa shape index (κ1) is 34.7. The smallest absolute Gasteiger partial charge is 0.264 e. The number of thiol groups is 1. The van der Waals surface area contributed by atoms with Crippen LogP contribution in [0.25, 0.3) is 11.1 Å². The molecule has 3 aromatic carbocycles. The summed E-state index contributed by atoms with van der Waals surface area (Å²) in [4.78, 5) is 38.5. The van der Waals surface area contributed by atoms with Crippen molar-refractivity contribution >= 4 is 40.4 Å². The number of nitrogens with one attached hydrogen (secondary N) is 2. The lowest BCUT2D eigenvalue weighted by Crippen LogP contribution is -2.37. The fourth-order valence-electron chi connectivity index (χ4n) is 4.44. The predicted octanol–water partition coefficient (Wildman–Crippen LogP) is 3.85. The molecule has 0 aliphatic carbocycles. The second kappa shape index (κ2) is 16.4. The van der Waals surface area contributed by atoms with Crippen molar-refractivity contribution in [3.8, 4) is 11.1 Å². The van der Waals surface area contributed by atoms with Crippen LogP contribution in [0.4, 0.5) is 4.39 Å². The highest BCUT2D eigenvalue weighted by atomic mass is 32.2. The zero-order valence-electron chi connectivity index (χ0n) is 24.7. The third-order valence-electron chi connectivity index (χ3n) is 6.79. The van der Waals surface area contributed by atoms with Gasteiger partial charge < -0.3 is 15.3 Å². The number of benzene rings is 3. The van der Waals surface area contributed by atoms with Gasteiger partial charge in [0, 0.05) is 48.9 Å². The van der Waals surface area contributed by atoms with E-state index in [0.29, 0.717) is 19.4 Å². The first-order valence-electron chi connectivity index (χ1n) is 14.3. The van der Waals surface area contributed by atoms with E-state index in [1.807, 2.05) is 42.0 Å². The van der Waals surface area contributed by atoms with E-state index < -0.39 is 27.9 Å². The van der Waals surface area contributed by atoms with Gasteiger partial charge in [-0.2, -0.15) is 12.6 Å². The quantitative estimate of drug-likeness (QED) is 0.186. The monoisotopic (exact) mass is 643 g/mol. The highest BCUT2D eigenvalue weighted by Gasteiger charge is 2.24. The standard InChI is InChI=1S/C32H38FN3O6S2/c1-3-9-31(39)36(17-16-30(38)34-20-26(43)18-23-10-5-4-6-11-23)21-25-15-14-24(19-28(25)33)27-12-7-8-13-29(27)44(41,42)35-32(40)22(2)37/h4-8,10-15,19,22,26,37,43H,3,9,16-18,20-21H2,1-2H3,(H,34,38)(H,35,40)/t22-,26+/m0/s1. The minimum Gasteiger partial charge on any atom is -0.384 e. The average Bonchev–Trinajstić information content (AvgIpc) is 2.99. The summed E-state index contributed by atoms with van der Waals surface area (Å²) in [5.74, 6) is -2.22. The first-order chi connectivity index (χ1) is 20.9. The minimum atomic E-state index is -4.36. The molecule has 0 radical (unpaired) electrons. The molecule has 0 fully saturated rings. The van der Waals surface area contributed by atoms with Gasteiger partial charge in [0.05, 0.1) is 4.90 Å². The third-order valence-corrected chi connectivity index (χ3v) is 8.56. The van der Waals surface area contributed by atoms with Crippen LogP contribution >= 0.6 is 12.6 Å². The van der Waals surface area contributed by atoms with E-state index in [2.05, 4.69) is 17.9 Å². The largest absolute Gasteiger partial charge is 0.384 e.